The average Bonchev–Trinajstić information content (AvgIpc) is 3.14. The Morgan fingerprint density at radius 3 is 2.38 bits per heavy atom. The molecule has 2 heterocycles. The van der Waals surface area contributed by atoms with E-state index in [1.807, 2.05) is 61.2 Å². The van der Waals surface area contributed by atoms with Gasteiger partial charge in [-0.1, -0.05) is 35.9 Å². The second-order valence-electron chi connectivity index (χ2n) is 7.24. The van der Waals surface area contributed by atoms with Crippen LogP contribution in [0.25, 0.3) is 0 Å². The highest BCUT2D eigenvalue weighted by Gasteiger charge is 2.25. The topological polar surface area (TPSA) is 45.7 Å². The number of rotatable bonds is 5. The molecule has 4 rings (SSSR count). The second kappa shape index (κ2) is 8.66. The van der Waals surface area contributed by atoms with Crippen LogP contribution in [0.4, 0.5) is 5.69 Å². The lowest BCUT2D eigenvalue weighted by Gasteiger charge is -2.36. The van der Waals surface area contributed by atoms with E-state index in [-0.39, 0.29) is 5.91 Å². The maximum absolute atomic E-state index is 13.0. The van der Waals surface area contributed by atoms with Gasteiger partial charge in [0.05, 0.1) is 5.69 Å². The van der Waals surface area contributed by atoms with Gasteiger partial charge in [0.25, 0.3) is 5.91 Å². The predicted molar refractivity (Wildman–Crippen MR) is 117 cm³/mol. The van der Waals surface area contributed by atoms with E-state index in [4.69, 9.17) is 4.74 Å². The van der Waals surface area contributed by atoms with Gasteiger partial charge < -0.3 is 14.5 Å². The van der Waals surface area contributed by atoms with Crippen molar-refractivity contribution in [3.63, 3.8) is 0 Å². The average molecular weight is 408 g/mol. The third-order valence-electron chi connectivity index (χ3n) is 5.11. The molecule has 0 radical (unpaired) electrons. The van der Waals surface area contributed by atoms with Crippen LogP contribution in [-0.4, -0.2) is 42.0 Å². The van der Waals surface area contributed by atoms with Gasteiger partial charge in [0.15, 0.2) is 0 Å². The summed E-state index contributed by atoms with van der Waals surface area (Å²) in [7, 11) is 0. The number of nitrogens with zero attached hydrogens (tertiary/aromatic N) is 3. The number of carbonyl (C=O) groups is 1. The first kappa shape index (κ1) is 19.5. The van der Waals surface area contributed by atoms with Gasteiger partial charge >= 0.3 is 0 Å². The minimum atomic E-state index is 0.0781. The lowest BCUT2D eigenvalue weighted by Crippen LogP contribution is -2.48. The summed E-state index contributed by atoms with van der Waals surface area (Å²) in [5.74, 6) is 0.891. The Labute approximate surface area is 175 Å². The summed E-state index contributed by atoms with van der Waals surface area (Å²) in [6.45, 7) is 7.46. The number of hydrogen-bond donors (Lipinski definition) is 0. The van der Waals surface area contributed by atoms with Crippen molar-refractivity contribution in [3.05, 3.63) is 75.7 Å². The molecule has 0 aliphatic carbocycles. The number of aryl methyl sites for hydroxylation is 2. The quantitative estimate of drug-likeness (QED) is 0.633. The predicted octanol–water partition coefficient (Wildman–Crippen LogP) is 4.30. The van der Waals surface area contributed by atoms with E-state index in [0.717, 1.165) is 47.5 Å². The van der Waals surface area contributed by atoms with E-state index in [1.165, 1.54) is 22.6 Å². The molecule has 1 aromatic heterocycles. The highest BCUT2D eigenvalue weighted by molar-refractivity contribution is 7.13. The van der Waals surface area contributed by atoms with Gasteiger partial charge in [-0.3, -0.25) is 4.79 Å². The summed E-state index contributed by atoms with van der Waals surface area (Å²) in [4.78, 5) is 22.6. The number of carbonyl (C=O) groups excluding carboxylic acids is 1. The molecule has 0 bridgehead atoms. The van der Waals surface area contributed by atoms with Crippen molar-refractivity contribution >= 4 is 22.9 Å². The number of ether oxygens (including phenoxy) is 1. The molecule has 2 aromatic carbocycles. The van der Waals surface area contributed by atoms with E-state index < -0.39 is 0 Å². The molecule has 6 heteroatoms. The number of amides is 1. The van der Waals surface area contributed by atoms with Crippen molar-refractivity contribution < 1.29 is 9.53 Å². The van der Waals surface area contributed by atoms with Gasteiger partial charge in [-0.2, -0.15) is 0 Å². The smallest absolute Gasteiger partial charge is 0.265 e. The molecule has 1 fully saturated rings. The van der Waals surface area contributed by atoms with E-state index in [0.29, 0.717) is 6.61 Å². The van der Waals surface area contributed by atoms with Crippen LogP contribution in [0.15, 0.2) is 54.6 Å². The van der Waals surface area contributed by atoms with Crippen molar-refractivity contribution in [1.29, 1.82) is 0 Å². The lowest BCUT2D eigenvalue weighted by molar-refractivity contribution is 0.0750. The Hall–Kier alpha value is -2.86. The number of aromatic nitrogens is 1. The number of hydrogen-bond acceptors (Lipinski definition) is 5. The minimum absolute atomic E-state index is 0.0781. The molecule has 0 unspecified atom stereocenters. The van der Waals surface area contributed by atoms with E-state index in [1.54, 1.807) is 0 Å². The molecule has 0 spiro atoms. The normalized spacial score (nSPS) is 14.1. The molecular formula is C23H25N3O2S. The van der Waals surface area contributed by atoms with Gasteiger partial charge in [0, 0.05) is 31.9 Å². The molecule has 0 saturated carbocycles. The summed E-state index contributed by atoms with van der Waals surface area (Å²) >= 11 is 1.44. The van der Waals surface area contributed by atoms with Gasteiger partial charge in [-0.25, -0.2) is 4.98 Å². The molecule has 1 saturated heterocycles. The van der Waals surface area contributed by atoms with Crippen molar-refractivity contribution in [2.75, 3.05) is 31.1 Å². The Kier molecular flexibility index (Phi) is 5.81. The summed E-state index contributed by atoms with van der Waals surface area (Å²) in [6, 6.07) is 18.3. The lowest BCUT2D eigenvalue weighted by atomic mass is 10.2. The molecule has 1 aliphatic rings. The van der Waals surface area contributed by atoms with Gasteiger partial charge in [0.2, 0.25) is 0 Å². The Morgan fingerprint density at radius 2 is 1.69 bits per heavy atom. The Balaban J connectivity index is 1.36. The fourth-order valence-corrected chi connectivity index (χ4v) is 4.39. The van der Waals surface area contributed by atoms with Crippen LogP contribution in [0.2, 0.25) is 0 Å². The molecule has 1 amide bonds. The van der Waals surface area contributed by atoms with Crippen molar-refractivity contribution in [1.82, 2.24) is 9.88 Å². The van der Waals surface area contributed by atoms with E-state index in [2.05, 4.69) is 22.0 Å². The van der Waals surface area contributed by atoms with Crippen molar-refractivity contribution in [3.8, 4) is 5.75 Å². The number of piperazine rings is 1. The fourth-order valence-electron chi connectivity index (χ4n) is 3.44. The number of benzene rings is 2. The summed E-state index contributed by atoms with van der Waals surface area (Å²) in [5.41, 5.74) is 3.19. The molecule has 150 valence electrons. The highest BCUT2D eigenvalue weighted by Crippen LogP contribution is 2.23. The maximum atomic E-state index is 13.0. The molecular weight excluding hydrogens is 382 g/mol. The summed E-state index contributed by atoms with van der Waals surface area (Å²) < 4.78 is 5.82. The first-order valence-corrected chi connectivity index (χ1v) is 10.7. The second-order valence-corrected chi connectivity index (χ2v) is 8.32. The Bertz CT molecular complexity index is 962. The molecule has 5 nitrogen and oxygen atoms in total. The standard InChI is InChI=1S/C23H25N3O2S/c1-17-8-10-20(11-9-17)28-16-21-24-18(2)22(29-21)23(27)26-14-12-25(13-15-26)19-6-4-3-5-7-19/h3-11H,12-16H2,1-2H3. The monoisotopic (exact) mass is 407 g/mol. The molecule has 0 atom stereocenters. The molecule has 3 aromatic rings. The van der Waals surface area contributed by atoms with E-state index >= 15 is 0 Å². The zero-order valence-electron chi connectivity index (χ0n) is 16.8. The molecule has 0 N–H and O–H groups in total. The minimum Gasteiger partial charge on any atom is -0.486 e. The summed E-state index contributed by atoms with van der Waals surface area (Å²) in [6.07, 6.45) is 0. The molecule has 1 aliphatic heterocycles. The van der Waals surface area contributed by atoms with Crippen LogP contribution in [-0.2, 0) is 6.61 Å². The Morgan fingerprint density at radius 1 is 1.00 bits per heavy atom. The zero-order valence-corrected chi connectivity index (χ0v) is 17.6. The number of para-hydroxylation sites is 1. The summed E-state index contributed by atoms with van der Waals surface area (Å²) in [5, 5.41) is 0.828. The number of anilines is 1. The van der Waals surface area contributed by atoms with Crippen LogP contribution >= 0.6 is 11.3 Å². The van der Waals surface area contributed by atoms with Crippen molar-refractivity contribution in [2.24, 2.45) is 0 Å². The van der Waals surface area contributed by atoms with Gasteiger partial charge in [0.1, 0.15) is 22.2 Å². The molecule has 29 heavy (non-hydrogen) atoms. The van der Waals surface area contributed by atoms with Crippen LogP contribution < -0.4 is 9.64 Å². The number of thiazole rings is 1. The van der Waals surface area contributed by atoms with Crippen LogP contribution in [0, 0.1) is 13.8 Å². The van der Waals surface area contributed by atoms with Gasteiger partial charge in [-0.05, 0) is 38.1 Å². The first-order valence-electron chi connectivity index (χ1n) is 9.85. The van der Waals surface area contributed by atoms with E-state index in [9.17, 15) is 4.79 Å². The van der Waals surface area contributed by atoms with Crippen LogP contribution in [0.5, 0.6) is 5.75 Å². The van der Waals surface area contributed by atoms with Crippen molar-refractivity contribution in [2.45, 2.75) is 20.5 Å². The largest absolute Gasteiger partial charge is 0.486 e. The third-order valence-corrected chi connectivity index (χ3v) is 6.23. The zero-order chi connectivity index (χ0) is 20.2. The van der Waals surface area contributed by atoms with Gasteiger partial charge in [-0.15, -0.1) is 11.3 Å². The van der Waals surface area contributed by atoms with Crippen LogP contribution in [0.1, 0.15) is 25.9 Å². The van der Waals surface area contributed by atoms with Crippen LogP contribution in [0.3, 0.4) is 0 Å². The maximum Gasteiger partial charge on any atom is 0.265 e. The third kappa shape index (κ3) is 4.59. The fraction of sp³-hybridized carbons (Fsp3) is 0.304. The highest BCUT2D eigenvalue weighted by atomic mass is 32.1. The first-order chi connectivity index (χ1) is 14.1. The SMILES string of the molecule is Cc1ccc(OCc2nc(C)c(C(=O)N3CCN(c4ccccc4)CC3)s2)cc1.